The second-order valence-electron chi connectivity index (χ2n) is 10.9. The summed E-state index contributed by atoms with van der Waals surface area (Å²) in [5, 5.41) is 23.4. The van der Waals surface area contributed by atoms with Crippen LogP contribution in [0.3, 0.4) is 0 Å². The maximum atomic E-state index is 13.5. The summed E-state index contributed by atoms with van der Waals surface area (Å²) < 4.78 is 56.3. The zero-order valence-corrected chi connectivity index (χ0v) is 25.8. The smallest absolute Gasteiger partial charge is 0.259 e. The van der Waals surface area contributed by atoms with Crippen LogP contribution in [0.4, 0.5) is 11.4 Å². The van der Waals surface area contributed by atoms with Gasteiger partial charge in [-0.25, -0.2) is 16.8 Å². The van der Waals surface area contributed by atoms with Gasteiger partial charge in [0, 0.05) is 56.7 Å². The van der Waals surface area contributed by atoms with Gasteiger partial charge in [-0.3, -0.25) is 4.79 Å². The molecule has 0 aliphatic carbocycles. The number of carbonyl (C=O) groups excluding carboxylic acids is 1. The largest absolute Gasteiger partial charge is 0.504 e. The molecule has 4 aromatic rings. The van der Waals surface area contributed by atoms with Crippen molar-refractivity contribution in [1.82, 2.24) is 8.61 Å². The lowest BCUT2D eigenvalue weighted by Gasteiger charge is -2.35. The standard InChI is InChI=1S/C32H32N4O7S2/c37-30-21-28(45(42,43)36-15-14-23-6-4-5-7-24(23)22-36)20-29(31(30)38)32(39)33-25-10-12-27(13-11-25)44(40,41)35-18-16-34(17-19-35)26-8-2-1-3-9-26/h1-13,20-21,37-38H,14-19,22H2,(H,33,39). The van der Waals surface area contributed by atoms with Gasteiger partial charge in [0.15, 0.2) is 11.5 Å². The zero-order valence-electron chi connectivity index (χ0n) is 24.2. The summed E-state index contributed by atoms with van der Waals surface area (Å²) in [4.78, 5) is 15.0. The first kappa shape index (κ1) is 30.6. The molecule has 4 aromatic carbocycles. The van der Waals surface area contributed by atoms with Gasteiger partial charge < -0.3 is 20.4 Å². The quantitative estimate of drug-likeness (QED) is 0.258. The average molecular weight is 649 g/mol. The molecule has 0 unspecified atom stereocenters. The molecule has 1 amide bonds. The third-order valence-corrected chi connectivity index (χ3v) is 11.9. The van der Waals surface area contributed by atoms with Gasteiger partial charge in [0.1, 0.15) is 0 Å². The molecule has 234 valence electrons. The molecule has 1 saturated heterocycles. The van der Waals surface area contributed by atoms with Crippen LogP contribution < -0.4 is 10.2 Å². The molecule has 0 atom stereocenters. The lowest BCUT2D eigenvalue weighted by atomic mass is 10.0. The minimum Gasteiger partial charge on any atom is -0.504 e. The van der Waals surface area contributed by atoms with Crippen molar-refractivity contribution in [3.63, 3.8) is 0 Å². The monoisotopic (exact) mass is 648 g/mol. The normalized spacial score (nSPS) is 16.2. The third-order valence-electron chi connectivity index (χ3n) is 8.15. The molecular weight excluding hydrogens is 617 g/mol. The number of sulfonamides is 2. The highest BCUT2D eigenvalue weighted by molar-refractivity contribution is 7.89. The van der Waals surface area contributed by atoms with Gasteiger partial charge >= 0.3 is 0 Å². The first-order valence-corrected chi connectivity index (χ1v) is 17.3. The van der Waals surface area contributed by atoms with Crippen LogP contribution >= 0.6 is 0 Å². The van der Waals surface area contributed by atoms with E-state index in [2.05, 4.69) is 10.2 Å². The molecule has 0 radical (unpaired) electrons. The predicted molar refractivity (Wildman–Crippen MR) is 169 cm³/mol. The number of rotatable bonds is 7. The number of phenolic OH excluding ortho intramolecular Hbond substituents is 2. The molecule has 2 aliphatic rings. The molecule has 2 aliphatic heterocycles. The molecule has 0 bridgehead atoms. The van der Waals surface area contributed by atoms with Crippen molar-refractivity contribution >= 4 is 37.3 Å². The van der Waals surface area contributed by atoms with Gasteiger partial charge in [-0.05, 0) is 60.0 Å². The highest BCUT2D eigenvalue weighted by Crippen LogP contribution is 2.35. The Labute approximate surface area is 262 Å². The van der Waals surface area contributed by atoms with E-state index in [0.717, 1.165) is 28.9 Å². The number of phenols is 2. The summed E-state index contributed by atoms with van der Waals surface area (Å²) in [6.07, 6.45) is 0.516. The van der Waals surface area contributed by atoms with Gasteiger partial charge in [-0.2, -0.15) is 8.61 Å². The Bertz CT molecular complexity index is 1940. The van der Waals surface area contributed by atoms with Crippen LogP contribution in [0, 0.1) is 0 Å². The Morgan fingerprint density at radius 3 is 1.98 bits per heavy atom. The van der Waals surface area contributed by atoms with Crippen LogP contribution in [-0.2, 0) is 33.0 Å². The number of fused-ring (bicyclic) bond motifs is 1. The Kier molecular flexibility index (Phi) is 8.27. The Hall–Kier alpha value is -4.43. The number of hydrogen-bond donors (Lipinski definition) is 3. The van der Waals surface area contributed by atoms with Crippen LogP contribution in [0.25, 0.3) is 0 Å². The number of carbonyl (C=O) groups is 1. The predicted octanol–water partition coefficient (Wildman–Crippen LogP) is 3.61. The zero-order chi connectivity index (χ0) is 31.8. The van der Waals surface area contributed by atoms with Crippen molar-refractivity contribution in [2.45, 2.75) is 22.8 Å². The van der Waals surface area contributed by atoms with Gasteiger partial charge in [0.05, 0.1) is 15.4 Å². The summed E-state index contributed by atoms with van der Waals surface area (Å²) in [5.74, 6) is -2.41. The van der Waals surface area contributed by atoms with Crippen molar-refractivity contribution in [2.24, 2.45) is 0 Å². The fraction of sp³-hybridized carbons (Fsp3) is 0.219. The summed E-state index contributed by atoms with van der Waals surface area (Å²) in [6, 6.07) is 24.8. The topological polar surface area (TPSA) is 148 Å². The van der Waals surface area contributed by atoms with E-state index >= 15 is 0 Å². The number of piperazine rings is 1. The second-order valence-corrected chi connectivity index (χ2v) is 14.8. The van der Waals surface area contributed by atoms with Gasteiger partial charge in [0.2, 0.25) is 20.0 Å². The average Bonchev–Trinajstić information content (AvgIpc) is 3.06. The molecule has 13 heteroatoms. The SMILES string of the molecule is O=C(Nc1ccc(S(=O)(=O)N2CCN(c3ccccc3)CC2)cc1)c1cc(S(=O)(=O)N2CCc3ccccc3C2)cc(O)c1O. The maximum absolute atomic E-state index is 13.5. The van der Waals surface area contributed by atoms with Crippen LogP contribution in [0.15, 0.2) is 101 Å². The molecule has 45 heavy (non-hydrogen) atoms. The van der Waals surface area contributed by atoms with E-state index in [1.165, 1.54) is 32.9 Å². The van der Waals surface area contributed by atoms with E-state index in [1.54, 1.807) is 0 Å². The number of amides is 1. The van der Waals surface area contributed by atoms with Crippen LogP contribution in [0.2, 0.25) is 0 Å². The number of nitrogens with zero attached hydrogens (tertiary/aromatic N) is 3. The lowest BCUT2D eigenvalue weighted by molar-refractivity contribution is 0.102. The number of benzene rings is 4. The molecule has 0 aromatic heterocycles. The van der Waals surface area contributed by atoms with Gasteiger partial charge in [-0.1, -0.05) is 42.5 Å². The Balaban J connectivity index is 1.15. The van der Waals surface area contributed by atoms with Crippen LogP contribution in [0.5, 0.6) is 11.5 Å². The molecule has 0 saturated carbocycles. The molecule has 6 rings (SSSR count). The highest BCUT2D eigenvalue weighted by atomic mass is 32.2. The van der Waals surface area contributed by atoms with Gasteiger partial charge in [0.25, 0.3) is 5.91 Å². The second kappa shape index (κ2) is 12.2. The van der Waals surface area contributed by atoms with Crippen molar-refractivity contribution in [1.29, 1.82) is 0 Å². The van der Waals surface area contributed by atoms with Crippen molar-refractivity contribution in [3.8, 4) is 11.5 Å². The minimum absolute atomic E-state index is 0.0605. The molecule has 11 nitrogen and oxygen atoms in total. The number of aromatic hydroxyl groups is 2. The summed E-state index contributed by atoms with van der Waals surface area (Å²) in [7, 11) is -7.90. The summed E-state index contributed by atoms with van der Waals surface area (Å²) >= 11 is 0. The fourth-order valence-corrected chi connectivity index (χ4v) is 8.51. The molecule has 2 heterocycles. The Morgan fingerprint density at radius 1 is 0.667 bits per heavy atom. The van der Waals surface area contributed by atoms with Gasteiger partial charge in [-0.15, -0.1) is 0 Å². The fourth-order valence-electron chi connectivity index (χ4n) is 5.62. The molecule has 3 N–H and O–H groups in total. The van der Waals surface area contributed by atoms with E-state index in [4.69, 9.17) is 0 Å². The van der Waals surface area contributed by atoms with Crippen molar-refractivity contribution in [2.75, 3.05) is 42.9 Å². The third kappa shape index (κ3) is 6.12. The van der Waals surface area contributed by atoms with Crippen molar-refractivity contribution < 1.29 is 31.8 Å². The van der Waals surface area contributed by atoms with E-state index in [-0.39, 0.29) is 28.6 Å². The summed E-state index contributed by atoms with van der Waals surface area (Å²) in [6.45, 7) is 2.10. The van der Waals surface area contributed by atoms with Crippen LogP contribution in [0.1, 0.15) is 21.5 Å². The van der Waals surface area contributed by atoms with Crippen LogP contribution in [-0.4, -0.2) is 74.3 Å². The lowest BCUT2D eigenvalue weighted by Crippen LogP contribution is -2.48. The minimum atomic E-state index is -4.12. The number of para-hydroxylation sites is 1. The number of nitrogens with one attached hydrogen (secondary N) is 1. The first-order chi connectivity index (χ1) is 21.5. The summed E-state index contributed by atoms with van der Waals surface area (Å²) in [5.41, 5.74) is 2.73. The molecular formula is C32H32N4O7S2. The highest BCUT2D eigenvalue weighted by Gasteiger charge is 2.31. The molecule has 0 spiro atoms. The van der Waals surface area contributed by atoms with E-state index in [9.17, 15) is 31.8 Å². The van der Waals surface area contributed by atoms with E-state index in [0.29, 0.717) is 32.6 Å². The van der Waals surface area contributed by atoms with Crippen molar-refractivity contribution in [3.05, 3.63) is 108 Å². The molecule has 1 fully saturated rings. The Morgan fingerprint density at radius 2 is 1.29 bits per heavy atom. The van der Waals surface area contributed by atoms with E-state index < -0.39 is 43.0 Å². The first-order valence-electron chi connectivity index (χ1n) is 14.4. The number of anilines is 2. The number of hydrogen-bond acceptors (Lipinski definition) is 8. The maximum Gasteiger partial charge on any atom is 0.259 e. The van der Waals surface area contributed by atoms with E-state index in [1.807, 2.05) is 54.6 Å².